The second-order valence-electron chi connectivity index (χ2n) is 5.13. The van der Waals surface area contributed by atoms with E-state index in [1.54, 1.807) is 17.4 Å². The molecule has 7 heteroatoms. The standard InChI is InChI=1S/C18H15N3O2S2/c1-12(22)19-14-6-4-13(5-7-14)16-11-25-18(20-16)21-17(23)9-8-15-3-2-10-24-15/h2-11H,1H3,(H,19,22)(H,20,21,23)/b9-8+. The molecule has 0 saturated carbocycles. The highest BCUT2D eigenvalue weighted by atomic mass is 32.1. The summed E-state index contributed by atoms with van der Waals surface area (Å²) in [5, 5.41) is 9.87. The number of rotatable bonds is 5. The van der Waals surface area contributed by atoms with Crippen molar-refractivity contribution in [2.45, 2.75) is 6.92 Å². The van der Waals surface area contributed by atoms with Gasteiger partial charge in [0.15, 0.2) is 5.13 Å². The van der Waals surface area contributed by atoms with Gasteiger partial charge in [-0.3, -0.25) is 14.9 Å². The maximum Gasteiger partial charge on any atom is 0.250 e. The Bertz CT molecular complexity index is 897. The summed E-state index contributed by atoms with van der Waals surface area (Å²) in [6.45, 7) is 1.47. The molecule has 2 aromatic heterocycles. The zero-order valence-corrected chi connectivity index (χ0v) is 15.0. The molecule has 0 aliphatic heterocycles. The Hall–Kier alpha value is -2.77. The summed E-state index contributed by atoms with van der Waals surface area (Å²) >= 11 is 2.94. The van der Waals surface area contributed by atoms with Crippen molar-refractivity contribution in [1.82, 2.24) is 4.98 Å². The Morgan fingerprint density at radius 2 is 1.88 bits per heavy atom. The molecule has 25 heavy (non-hydrogen) atoms. The van der Waals surface area contributed by atoms with Gasteiger partial charge in [-0.15, -0.1) is 22.7 Å². The maximum absolute atomic E-state index is 11.9. The van der Waals surface area contributed by atoms with E-state index in [9.17, 15) is 9.59 Å². The van der Waals surface area contributed by atoms with Crippen LogP contribution in [0.1, 0.15) is 11.8 Å². The van der Waals surface area contributed by atoms with E-state index in [-0.39, 0.29) is 11.8 Å². The Kier molecular flexibility index (Phi) is 5.37. The van der Waals surface area contributed by atoms with Crippen molar-refractivity contribution < 1.29 is 9.59 Å². The second-order valence-corrected chi connectivity index (χ2v) is 6.97. The first-order valence-corrected chi connectivity index (χ1v) is 9.22. The number of hydrogen-bond acceptors (Lipinski definition) is 5. The predicted molar refractivity (Wildman–Crippen MR) is 104 cm³/mol. The molecule has 5 nitrogen and oxygen atoms in total. The van der Waals surface area contributed by atoms with Crippen LogP contribution in [0, 0.1) is 0 Å². The van der Waals surface area contributed by atoms with Crippen LogP contribution >= 0.6 is 22.7 Å². The Balaban J connectivity index is 1.63. The van der Waals surface area contributed by atoms with Gasteiger partial charge in [0.1, 0.15) is 0 Å². The van der Waals surface area contributed by atoms with Crippen LogP contribution in [0.25, 0.3) is 17.3 Å². The number of carbonyl (C=O) groups excluding carboxylic acids is 2. The monoisotopic (exact) mass is 369 g/mol. The van der Waals surface area contributed by atoms with Gasteiger partial charge in [-0.1, -0.05) is 18.2 Å². The van der Waals surface area contributed by atoms with E-state index in [1.165, 1.54) is 24.3 Å². The molecule has 2 amide bonds. The zero-order valence-electron chi connectivity index (χ0n) is 13.4. The summed E-state index contributed by atoms with van der Waals surface area (Å²) in [6, 6.07) is 11.3. The molecule has 126 valence electrons. The number of carbonyl (C=O) groups is 2. The molecule has 0 unspecified atom stereocenters. The zero-order chi connectivity index (χ0) is 17.6. The molecule has 3 rings (SSSR count). The summed E-state index contributed by atoms with van der Waals surface area (Å²) in [7, 11) is 0. The van der Waals surface area contributed by atoms with Crippen LogP contribution in [-0.2, 0) is 9.59 Å². The van der Waals surface area contributed by atoms with Crippen LogP contribution in [0.15, 0.2) is 53.2 Å². The number of thiophene rings is 1. The average Bonchev–Trinajstić information content (AvgIpc) is 3.25. The Labute approximate surface area is 153 Å². The van der Waals surface area contributed by atoms with Gasteiger partial charge in [-0.05, 0) is 29.7 Å². The molecule has 0 saturated heterocycles. The topological polar surface area (TPSA) is 71.1 Å². The van der Waals surface area contributed by atoms with E-state index in [0.717, 1.165) is 21.8 Å². The molecule has 0 atom stereocenters. The van der Waals surface area contributed by atoms with E-state index < -0.39 is 0 Å². The maximum atomic E-state index is 11.9. The first-order valence-electron chi connectivity index (χ1n) is 7.46. The third-order valence-electron chi connectivity index (χ3n) is 3.18. The number of anilines is 2. The molecule has 0 radical (unpaired) electrons. The average molecular weight is 369 g/mol. The second kappa shape index (κ2) is 7.87. The fourth-order valence-electron chi connectivity index (χ4n) is 2.08. The molecule has 0 bridgehead atoms. The van der Waals surface area contributed by atoms with E-state index >= 15 is 0 Å². The van der Waals surface area contributed by atoms with E-state index in [1.807, 2.05) is 47.2 Å². The minimum absolute atomic E-state index is 0.109. The fourth-order valence-corrected chi connectivity index (χ4v) is 3.42. The van der Waals surface area contributed by atoms with E-state index in [4.69, 9.17) is 0 Å². The van der Waals surface area contributed by atoms with Crippen LogP contribution in [0.3, 0.4) is 0 Å². The predicted octanol–water partition coefficient (Wildman–Crippen LogP) is 4.48. The Morgan fingerprint density at radius 1 is 1.08 bits per heavy atom. The number of aromatic nitrogens is 1. The van der Waals surface area contributed by atoms with Crippen LogP contribution in [0.2, 0.25) is 0 Å². The first-order chi connectivity index (χ1) is 12.1. The lowest BCUT2D eigenvalue weighted by Gasteiger charge is -2.02. The van der Waals surface area contributed by atoms with Crippen molar-refractivity contribution in [3.05, 3.63) is 58.1 Å². The Morgan fingerprint density at radius 3 is 2.56 bits per heavy atom. The molecule has 0 aliphatic rings. The van der Waals surface area contributed by atoms with Gasteiger partial charge in [0.2, 0.25) is 11.8 Å². The van der Waals surface area contributed by atoms with Crippen LogP contribution in [0.5, 0.6) is 0 Å². The fraction of sp³-hybridized carbons (Fsp3) is 0.0556. The first kappa shape index (κ1) is 17.1. The van der Waals surface area contributed by atoms with Crippen molar-refractivity contribution >= 4 is 51.4 Å². The lowest BCUT2D eigenvalue weighted by molar-refractivity contribution is -0.114. The molecule has 3 aromatic rings. The number of benzene rings is 1. The number of amides is 2. The van der Waals surface area contributed by atoms with Gasteiger partial charge in [0, 0.05) is 34.5 Å². The minimum atomic E-state index is -0.213. The third-order valence-corrected chi connectivity index (χ3v) is 4.77. The number of nitrogens with zero attached hydrogens (tertiary/aromatic N) is 1. The van der Waals surface area contributed by atoms with Crippen molar-refractivity contribution in [2.24, 2.45) is 0 Å². The minimum Gasteiger partial charge on any atom is -0.326 e. The summed E-state index contributed by atoms with van der Waals surface area (Å²) < 4.78 is 0. The quantitative estimate of drug-likeness (QED) is 0.651. The normalized spacial score (nSPS) is 10.8. The molecule has 0 fully saturated rings. The van der Waals surface area contributed by atoms with E-state index in [2.05, 4.69) is 15.6 Å². The highest BCUT2D eigenvalue weighted by Crippen LogP contribution is 2.26. The van der Waals surface area contributed by atoms with Gasteiger partial charge in [-0.25, -0.2) is 4.98 Å². The van der Waals surface area contributed by atoms with Gasteiger partial charge in [-0.2, -0.15) is 0 Å². The molecule has 0 aliphatic carbocycles. The van der Waals surface area contributed by atoms with Crippen molar-refractivity contribution in [1.29, 1.82) is 0 Å². The van der Waals surface area contributed by atoms with Gasteiger partial charge < -0.3 is 5.32 Å². The lowest BCUT2D eigenvalue weighted by Crippen LogP contribution is -2.07. The third kappa shape index (κ3) is 4.85. The van der Waals surface area contributed by atoms with Crippen LogP contribution in [0.4, 0.5) is 10.8 Å². The van der Waals surface area contributed by atoms with Gasteiger partial charge in [0.05, 0.1) is 5.69 Å². The summed E-state index contributed by atoms with van der Waals surface area (Å²) in [6.07, 6.45) is 3.27. The van der Waals surface area contributed by atoms with Crippen molar-refractivity contribution in [3.8, 4) is 11.3 Å². The SMILES string of the molecule is CC(=O)Nc1ccc(-c2csc(NC(=O)/C=C/c3cccs3)n2)cc1. The number of hydrogen-bond donors (Lipinski definition) is 2. The summed E-state index contributed by atoms with van der Waals surface area (Å²) in [5.74, 6) is -0.322. The molecule has 2 heterocycles. The summed E-state index contributed by atoms with van der Waals surface area (Å²) in [5.41, 5.74) is 2.43. The highest BCUT2D eigenvalue weighted by molar-refractivity contribution is 7.14. The lowest BCUT2D eigenvalue weighted by atomic mass is 10.1. The van der Waals surface area contributed by atoms with Crippen molar-refractivity contribution in [3.63, 3.8) is 0 Å². The van der Waals surface area contributed by atoms with Crippen LogP contribution < -0.4 is 10.6 Å². The number of thiazole rings is 1. The van der Waals surface area contributed by atoms with E-state index in [0.29, 0.717) is 5.13 Å². The van der Waals surface area contributed by atoms with Crippen molar-refractivity contribution in [2.75, 3.05) is 10.6 Å². The summed E-state index contributed by atoms with van der Waals surface area (Å²) in [4.78, 5) is 28.4. The van der Waals surface area contributed by atoms with Gasteiger partial charge in [0.25, 0.3) is 0 Å². The van der Waals surface area contributed by atoms with Gasteiger partial charge >= 0.3 is 0 Å². The molecule has 1 aromatic carbocycles. The largest absolute Gasteiger partial charge is 0.326 e. The molecule has 0 spiro atoms. The molecular weight excluding hydrogens is 354 g/mol. The number of nitrogens with one attached hydrogen (secondary N) is 2. The molecule has 2 N–H and O–H groups in total. The smallest absolute Gasteiger partial charge is 0.250 e. The highest BCUT2D eigenvalue weighted by Gasteiger charge is 2.07. The molecular formula is C18H15N3O2S2. The van der Waals surface area contributed by atoms with Crippen LogP contribution in [-0.4, -0.2) is 16.8 Å².